The maximum atomic E-state index is 10.5. The van der Waals surface area contributed by atoms with Gasteiger partial charge in [0.25, 0.3) is 0 Å². The molecule has 2 aliphatic rings. The lowest BCUT2D eigenvalue weighted by Gasteiger charge is -2.45. The first-order valence-corrected chi connectivity index (χ1v) is 8.37. The lowest BCUT2D eigenvalue weighted by atomic mass is 9.70. The average Bonchev–Trinajstić information content (AvgIpc) is 3.14. The van der Waals surface area contributed by atoms with E-state index in [1.807, 2.05) is 0 Å². The summed E-state index contributed by atoms with van der Waals surface area (Å²) in [5.41, 5.74) is 0.387. The highest BCUT2D eigenvalue weighted by Crippen LogP contribution is 2.42. The predicted molar refractivity (Wildman–Crippen MR) is 81.2 cm³/mol. The SMILES string of the molecule is CCCCN(C1CC1)C1CC(C(C)(C)C)CCC1O. The molecule has 1 N–H and O–H groups in total. The van der Waals surface area contributed by atoms with Gasteiger partial charge in [0.1, 0.15) is 0 Å². The summed E-state index contributed by atoms with van der Waals surface area (Å²) < 4.78 is 0. The van der Waals surface area contributed by atoms with Gasteiger partial charge in [-0.25, -0.2) is 0 Å². The normalized spacial score (nSPS) is 32.8. The van der Waals surface area contributed by atoms with Crippen molar-refractivity contribution in [3.05, 3.63) is 0 Å². The van der Waals surface area contributed by atoms with Crippen LogP contribution in [0.3, 0.4) is 0 Å². The summed E-state index contributed by atoms with van der Waals surface area (Å²) in [7, 11) is 0. The molecule has 0 bridgehead atoms. The zero-order valence-electron chi connectivity index (χ0n) is 13.4. The number of nitrogens with zero attached hydrogens (tertiary/aromatic N) is 1. The molecule has 2 heteroatoms. The highest BCUT2D eigenvalue weighted by atomic mass is 16.3. The Morgan fingerprint density at radius 2 is 1.79 bits per heavy atom. The summed E-state index contributed by atoms with van der Waals surface area (Å²) in [6.45, 7) is 10.5. The van der Waals surface area contributed by atoms with Crippen LogP contribution in [-0.4, -0.2) is 34.7 Å². The van der Waals surface area contributed by atoms with Crippen LogP contribution in [-0.2, 0) is 0 Å². The Bertz CT molecular complexity index is 279. The highest BCUT2D eigenvalue weighted by Gasteiger charge is 2.42. The molecule has 2 nitrogen and oxygen atoms in total. The third kappa shape index (κ3) is 3.95. The van der Waals surface area contributed by atoms with E-state index in [4.69, 9.17) is 0 Å². The molecule has 0 amide bonds. The van der Waals surface area contributed by atoms with E-state index in [0.29, 0.717) is 11.5 Å². The molecule has 0 aromatic carbocycles. The van der Waals surface area contributed by atoms with Crippen LogP contribution in [0, 0.1) is 11.3 Å². The molecule has 0 spiro atoms. The van der Waals surface area contributed by atoms with E-state index in [1.165, 1.54) is 45.1 Å². The van der Waals surface area contributed by atoms with Gasteiger partial charge in [-0.2, -0.15) is 0 Å². The van der Waals surface area contributed by atoms with Crippen LogP contribution in [0.2, 0.25) is 0 Å². The highest BCUT2D eigenvalue weighted by molar-refractivity contribution is 4.96. The van der Waals surface area contributed by atoms with Crippen LogP contribution in [0.5, 0.6) is 0 Å². The first-order chi connectivity index (χ1) is 8.93. The fraction of sp³-hybridized carbons (Fsp3) is 1.00. The van der Waals surface area contributed by atoms with Crippen LogP contribution in [0.25, 0.3) is 0 Å². The predicted octanol–water partition coefficient (Wildman–Crippen LogP) is 3.83. The number of aliphatic hydroxyl groups excluding tert-OH is 1. The van der Waals surface area contributed by atoms with Crippen molar-refractivity contribution in [2.75, 3.05) is 6.54 Å². The maximum Gasteiger partial charge on any atom is 0.0695 e. The minimum absolute atomic E-state index is 0.0870. The maximum absolute atomic E-state index is 10.5. The molecule has 2 rings (SSSR count). The largest absolute Gasteiger partial charge is 0.391 e. The lowest BCUT2D eigenvalue weighted by molar-refractivity contribution is -0.0209. The average molecular weight is 267 g/mol. The van der Waals surface area contributed by atoms with Gasteiger partial charge in [-0.15, -0.1) is 0 Å². The van der Waals surface area contributed by atoms with Crippen LogP contribution in [0.15, 0.2) is 0 Å². The van der Waals surface area contributed by atoms with E-state index >= 15 is 0 Å². The topological polar surface area (TPSA) is 23.5 Å². The van der Waals surface area contributed by atoms with E-state index in [0.717, 1.165) is 18.4 Å². The van der Waals surface area contributed by atoms with Crippen molar-refractivity contribution in [3.63, 3.8) is 0 Å². The van der Waals surface area contributed by atoms with Crippen LogP contribution in [0.1, 0.15) is 72.6 Å². The zero-order valence-corrected chi connectivity index (χ0v) is 13.4. The molecule has 3 atom stereocenters. The third-order valence-corrected chi connectivity index (χ3v) is 5.22. The van der Waals surface area contributed by atoms with Crippen molar-refractivity contribution in [2.24, 2.45) is 11.3 Å². The molecular weight excluding hydrogens is 234 g/mol. The minimum Gasteiger partial charge on any atom is -0.391 e. The minimum atomic E-state index is -0.0870. The first-order valence-electron chi connectivity index (χ1n) is 8.37. The Hall–Kier alpha value is -0.0800. The van der Waals surface area contributed by atoms with Gasteiger partial charge in [0.05, 0.1) is 6.10 Å². The van der Waals surface area contributed by atoms with Crippen molar-refractivity contribution in [2.45, 2.75) is 90.8 Å². The van der Waals surface area contributed by atoms with E-state index in [-0.39, 0.29) is 6.10 Å². The van der Waals surface area contributed by atoms with Gasteiger partial charge in [-0.05, 0) is 56.4 Å². The van der Waals surface area contributed by atoms with Gasteiger partial charge in [-0.1, -0.05) is 34.1 Å². The molecule has 0 aromatic heterocycles. The molecule has 3 unspecified atom stereocenters. The van der Waals surface area contributed by atoms with Crippen molar-refractivity contribution < 1.29 is 5.11 Å². The molecule has 19 heavy (non-hydrogen) atoms. The second-order valence-electron chi connectivity index (χ2n) is 7.83. The van der Waals surface area contributed by atoms with Gasteiger partial charge in [0, 0.05) is 12.1 Å². The van der Waals surface area contributed by atoms with Gasteiger partial charge in [-0.3, -0.25) is 4.90 Å². The summed E-state index contributed by atoms with van der Waals surface area (Å²) in [4.78, 5) is 2.66. The number of unbranched alkanes of at least 4 members (excludes halogenated alkanes) is 1. The zero-order chi connectivity index (χ0) is 14.0. The van der Waals surface area contributed by atoms with Crippen LogP contribution >= 0.6 is 0 Å². The number of hydrogen-bond donors (Lipinski definition) is 1. The monoisotopic (exact) mass is 267 g/mol. The van der Waals surface area contributed by atoms with Crippen molar-refractivity contribution >= 4 is 0 Å². The van der Waals surface area contributed by atoms with E-state index in [2.05, 4.69) is 32.6 Å². The van der Waals surface area contributed by atoms with Gasteiger partial charge in [0.2, 0.25) is 0 Å². The Morgan fingerprint density at radius 1 is 1.11 bits per heavy atom. The molecule has 2 aliphatic carbocycles. The fourth-order valence-electron chi connectivity index (χ4n) is 3.64. The van der Waals surface area contributed by atoms with Crippen LogP contribution < -0.4 is 0 Å². The fourth-order valence-corrected chi connectivity index (χ4v) is 3.64. The molecule has 2 fully saturated rings. The smallest absolute Gasteiger partial charge is 0.0695 e. The Kier molecular flexibility index (Phi) is 4.94. The summed E-state index contributed by atoms with van der Waals surface area (Å²) in [6, 6.07) is 1.21. The van der Waals surface area contributed by atoms with Crippen LogP contribution in [0.4, 0.5) is 0 Å². The molecule has 112 valence electrons. The number of rotatable bonds is 5. The number of hydrogen-bond acceptors (Lipinski definition) is 2. The molecule has 2 saturated carbocycles. The van der Waals surface area contributed by atoms with Crippen molar-refractivity contribution in [1.29, 1.82) is 0 Å². The number of aliphatic hydroxyl groups is 1. The summed E-state index contributed by atoms with van der Waals surface area (Å²) in [5, 5.41) is 10.5. The van der Waals surface area contributed by atoms with Gasteiger partial charge >= 0.3 is 0 Å². The Morgan fingerprint density at radius 3 is 2.32 bits per heavy atom. The lowest BCUT2D eigenvalue weighted by Crippen LogP contribution is -2.50. The second-order valence-corrected chi connectivity index (χ2v) is 7.83. The van der Waals surface area contributed by atoms with E-state index < -0.39 is 0 Å². The van der Waals surface area contributed by atoms with Crippen molar-refractivity contribution in [1.82, 2.24) is 4.90 Å². The first kappa shape index (κ1) is 15.3. The quantitative estimate of drug-likeness (QED) is 0.818. The molecule has 0 aromatic rings. The standard InChI is InChI=1S/C17H33NO/c1-5-6-11-18(14-8-9-14)15-12-13(17(2,3)4)7-10-16(15)19/h13-16,19H,5-12H2,1-4H3. The van der Waals surface area contributed by atoms with Crippen molar-refractivity contribution in [3.8, 4) is 0 Å². The third-order valence-electron chi connectivity index (χ3n) is 5.22. The van der Waals surface area contributed by atoms with E-state index in [1.54, 1.807) is 0 Å². The second kappa shape index (κ2) is 6.13. The summed E-state index contributed by atoms with van der Waals surface area (Å²) in [5.74, 6) is 0.767. The Labute approximate surface area is 119 Å². The molecule has 0 saturated heterocycles. The van der Waals surface area contributed by atoms with E-state index in [9.17, 15) is 5.11 Å². The molecule has 0 heterocycles. The summed E-state index contributed by atoms with van der Waals surface area (Å²) in [6.07, 6.45) is 8.56. The molecule has 0 aliphatic heterocycles. The molecular formula is C17H33NO. The summed E-state index contributed by atoms with van der Waals surface area (Å²) >= 11 is 0. The Balaban J connectivity index is 2.01. The molecule has 0 radical (unpaired) electrons. The van der Waals surface area contributed by atoms with Gasteiger partial charge in [0.15, 0.2) is 0 Å². The van der Waals surface area contributed by atoms with Gasteiger partial charge < -0.3 is 5.11 Å².